The molecule has 2 rings (SSSR count). The standard InChI is InChI=1S/C12H12F2O2/c1-7-5-8(10(14)6-9(7)13)12(15)11-3-2-4-16-11/h3,5-6,12,15H,2,4H2,1H3. The number of ether oxygens (including phenoxy) is 1. The van der Waals surface area contributed by atoms with Crippen molar-refractivity contribution in [1.29, 1.82) is 0 Å². The number of aliphatic hydroxyl groups excluding tert-OH is 1. The molecule has 16 heavy (non-hydrogen) atoms. The van der Waals surface area contributed by atoms with Gasteiger partial charge in [0.05, 0.1) is 6.61 Å². The number of hydrogen-bond acceptors (Lipinski definition) is 2. The van der Waals surface area contributed by atoms with Gasteiger partial charge >= 0.3 is 0 Å². The average molecular weight is 226 g/mol. The van der Waals surface area contributed by atoms with Crippen LogP contribution < -0.4 is 0 Å². The number of benzene rings is 1. The van der Waals surface area contributed by atoms with Crippen LogP contribution in [-0.4, -0.2) is 11.7 Å². The molecule has 1 aliphatic rings. The fourth-order valence-electron chi connectivity index (χ4n) is 1.67. The van der Waals surface area contributed by atoms with Gasteiger partial charge in [0.1, 0.15) is 23.5 Å². The Morgan fingerprint density at radius 2 is 2.06 bits per heavy atom. The molecule has 0 saturated carbocycles. The Hall–Kier alpha value is -1.42. The Morgan fingerprint density at radius 3 is 2.69 bits per heavy atom. The smallest absolute Gasteiger partial charge is 0.138 e. The highest BCUT2D eigenvalue weighted by Gasteiger charge is 2.22. The summed E-state index contributed by atoms with van der Waals surface area (Å²) in [6.45, 7) is 2.02. The Bertz CT molecular complexity index is 441. The zero-order chi connectivity index (χ0) is 11.7. The van der Waals surface area contributed by atoms with Gasteiger partial charge in [-0.25, -0.2) is 8.78 Å². The second-order valence-electron chi connectivity index (χ2n) is 3.77. The molecular formula is C12H12F2O2. The van der Waals surface area contributed by atoms with Crippen LogP contribution in [0.2, 0.25) is 0 Å². The van der Waals surface area contributed by atoms with Crippen molar-refractivity contribution in [3.8, 4) is 0 Å². The molecule has 1 aliphatic heterocycles. The van der Waals surface area contributed by atoms with E-state index in [0.29, 0.717) is 24.4 Å². The van der Waals surface area contributed by atoms with Gasteiger partial charge in [0.2, 0.25) is 0 Å². The molecule has 1 aromatic carbocycles. The van der Waals surface area contributed by atoms with Crippen molar-refractivity contribution in [3.63, 3.8) is 0 Å². The van der Waals surface area contributed by atoms with Gasteiger partial charge in [-0.05, 0) is 24.6 Å². The normalized spacial score (nSPS) is 16.9. The summed E-state index contributed by atoms with van der Waals surface area (Å²) in [5.74, 6) is -1.04. The third kappa shape index (κ3) is 1.93. The second-order valence-corrected chi connectivity index (χ2v) is 3.77. The van der Waals surface area contributed by atoms with Gasteiger partial charge in [-0.15, -0.1) is 0 Å². The van der Waals surface area contributed by atoms with Gasteiger partial charge in [0.25, 0.3) is 0 Å². The van der Waals surface area contributed by atoms with E-state index in [1.807, 2.05) is 0 Å². The molecular weight excluding hydrogens is 214 g/mol. The van der Waals surface area contributed by atoms with E-state index in [0.717, 1.165) is 6.07 Å². The summed E-state index contributed by atoms with van der Waals surface area (Å²) >= 11 is 0. The number of hydrogen-bond donors (Lipinski definition) is 1. The molecule has 1 heterocycles. The van der Waals surface area contributed by atoms with E-state index < -0.39 is 17.7 Å². The molecule has 0 bridgehead atoms. The first-order valence-electron chi connectivity index (χ1n) is 5.06. The van der Waals surface area contributed by atoms with E-state index in [4.69, 9.17) is 4.74 Å². The van der Waals surface area contributed by atoms with E-state index in [9.17, 15) is 13.9 Å². The van der Waals surface area contributed by atoms with E-state index in [-0.39, 0.29) is 5.56 Å². The minimum Gasteiger partial charge on any atom is -0.495 e. The van der Waals surface area contributed by atoms with Crippen LogP contribution in [-0.2, 0) is 4.74 Å². The van der Waals surface area contributed by atoms with Crippen molar-refractivity contribution in [3.05, 3.63) is 46.7 Å². The minimum absolute atomic E-state index is 0.0482. The molecule has 0 amide bonds. The van der Waals surface area contributed by atoms with Crippen molar-refractivity contribution in [2.24, 2.45) is 0 Å². The van der Waals surface area contributed by atoms with Crippen molar-refractivity contribution in [2.45, 2.75) is 19.4 Å². The molecule has 1 atom stereocenters. The molecule has 0 aromatic heterocycles. The largest absolute Gasteiger partial charge is 0.495 e. The van der Waals surface area contributed by atoms with Crippen LogP contribution in [0.3, 0.4) is 0 Å². The molecule has 4 heteroatoms. The van der Waals surface area contributed by atoms with Crippen LogP contribution in [0.1, 0.15) is 23.7 Å². The van der Waals surface area contributed by atoms with Crippen molar-refractivity contribution < 1.29 is 18.6 Å². The first kappa shape index (κ1) is 11.1. The van der Waals surface area contributed by atoms with Crippen LogP contribution in [0.5, 0.6) is 0 Å². The average Bonchev–Trinajstić information content (AvgIpc) is 2.75. The third-order valence-corrected chi connectivity index (χ3v) is 2.57. The molecule has 86 valence electrons. The Kier molecular flexibility index (Phi) is 2.92. The summed E-state index contributed by atoms with van der Waals surface area (Å²) < 4.78 is 31.6. The predicted molar refractivity (Wildman–Crippen MR) is 54.7 cm³/mol. The highest BCUT2D eigenvalue weighted by atomic mass is 19.1. The lowest BCUT2D eigenvalue weighted by Crippen LogP contribution is -2.06. The van der Waals surface area contributed by atoms with Gasteiger partial charge in [-0.3, -0.25) is 0 Å². The zero-order valence-electron chi connectivity index (χ0n) is 8.84. The topological polar surface area (TPSA) is 29.5 Å². The number of aryl methyl sites for hydroxylation is 1. The van der Waals surface area contributed by atoms with Gasteiger partial charge in [0.15, 0.2) is 0 Å². The number of halogens is 2. The van der Waals surface area contributed by atoms with Crippen LogP contribution in [0.4, 0.5) is 8.78 Å². The monoisotopic (exact) mass is 226 g/mol. The van der Waals surface area contributed by atoms with Crippen molar-refractivity contribution in [1.82, 2.24) is 0 Å². The summed E-state index contributed by atoms with van der Waals surface area (Å²) in [6, 6.07) is 2.08. The van der Waals surface area contributed by atoms with Crippen molar-refractivity contribution in [2.75, 3.05) is 6.61 Å². The van der Waals surface area contributed by atoms with Crippen LogP contribution in [0.25, 0.3) is 0 Å². The molecule has 2 nitrogen and oxygen atoms in total. The van der Waals surface area contributed by atoms with Gasteiger partial charge < -0.3 is 9.84 Å². The summed E-state index contributed by atoms with van der Waals surface area (Å²) in [5, 5.41) is 9.86. The fraction of sp³-hybridized carbons (Fsp3) is 0.333. The molecule has 0 fully saturated rings. The number of rotatable bonds is 2. The van der Waals surface area contributed by atoms with Crippen LogP contribution >= 0.6 is 0 Å². The van der Waals surface area contributed by atoms with Gasteiger partial charge in [-0.2, -0.15) is 0 Å². The summed E-state index contributed by atoms with van der Waals surface area (Å²) in [5.41, 5.74) is 0.348. The SMILES string of the molecule is Cc1cc(C(O)C2=CCCO2)c(F)cc1F. The van der Waals surface area contributed by atoms with E-state index in [1.165, 1.54) is 13.0 Å². The highest BCUT2D eigenvalue weighted by Crippen LogP contribution is 2.29. The fourth-order valence-corrected chi connectivity index (χ4v) is 1.67. The maximum Gasteiger partial charge on any atom is 0.138 e. The van der Waals surface area contributed by atoms with E-state index >= 15 is 0 Å². The third-order valence-electron chi connectivity index (χ3n) is 2.57. The predicted octanol–water partition coefficient (Wildman–Crippen LogP) is 2.61. The van der Waals surface area contributed by atoms with E-state index in [2.05, 4.69) is 0 Å². The Morgan fingerprint density at radius 1 is 1.31 bits per heavy atom. The molecule has 0 spiro atoms. The van der Waals surface area contributed by atoms with Crippen molar-refractivity contribution >= 4 is 0 Å². The highest BCUT2D eigenvalue weighted by molar-refractivity contribution is 5.31. The maximum atomic E-state index is 13.5. The van der Waals surface area contributed by atoms with E-state index in [1.54, 1.807) is 6.08 Å². The molecule has 0 saturated heterocycles. The molecule has 1 unspecified atom stereocenters. The Labute approximate surface area is 92.2 Å². The second kappa shape index (κ2) is 4.22. The number of aliphatic hydroxyl groups is 1. The Balaban J connectivity index is 2.36. The lowest BCUT2D eigenvalue weighted by Gasteiger charge is -2.14. The lowest BCUT2D eigenvalue weighted by atomic mass is 10.0. The molecule has 1 N–H and O–H groups in total. The summed E-state index contributed by atoms with van der Waals surface area (Å²) in [6.07, 6.45) is 1.26. The van der Waals surface area contributed by atoms with Crippen LogP contribution in [0.15, 0.2) is 24.0 Å². The quantitative estimate of drug-likeness (QED) is 0.839. The first-order valence-corrected chi connectivity index (χ1v) is 5.06. The minimum atomic E-state index is -1.15. The van der Waals surface area contributed by atoms with Crippen LogP contribution in [0, 0.1) is 18.6 Å². The molecule has 0 radical (unpaired) electrons. The van der Waals surface area contributed by atoms with Gasteiger partial charge in [0, 0.05) is 18.1 Å². The lowest BCUT2D eigenvalue weighted by molar-refractivity contribution is 0.116. The maximum absolute atomic E-state index is 13.5. The molecule has 1 aromatic rings. The summed E-state index contributed by atoms with van der Waals surface area (Å²) in [7, 11) is 0. The zero-order valence-corrected chi connectivity index (χ0v) is 8.84. The van der Waals surface area contributed by atoms with Gasteiger partial charge in [-0.1, -0.05) is 0 Å². The summed E-state index contributed by atoms with van der Waals surface area (Å²) in [4.78, 5) is 0. The molecule has 0 aliphatic carbocycles. The first-order chi connectivity index (χ1) is 7.59.